The normalized spacial score (nSPS) is 17.3. The van der Waals surface area contributed by atoms with E-state index in [1.165, 1.54) is 11.3 Å². The molecule has 0 amide bonds. The van der Waals surface area contributed by atoms with Gasteiger partial charge in [0.05, 0.1) is 12.6 Å². The van der Waals surface area contributed by atoms with E-state index in [2.05, 4.69) is 21.1 Å². The van der Waals surface area contributed by atoms with Crippen molar-refractivity contribution in [3.8, 4) is 0 Å². The summed E-state index contributed by atoms with van der Waals surface area (Å²) in [5.41, 5.74) is 1.56. The van der Waals surface area contributed by atoms with Crippen LogP contribution in [0.15, 0.2) is 18.2 Å². The average Bonchev–Trinajstić information content (AvgIpc) is 3.24. The molecule has 0 bridgehead atoms. The Morgan fingerprint density at radius 1 is 1.31 bits per heavy atom. The van der Waals surface area contributed by atoms with Gasteiger partial charge in [0.1, 0.15) is 21.6 Å². The van der Waals surface area contributed by atoms with Gasteiger partial charge in [-0.1, -0.05) is 40.6 Å². The summed E-state index contributed by atoms with van der Waals surface area (Å²) in [6.07, 6.45) is 5.81. The Labute approximate surface area is 165 Å². The van der Waals surface area contributed by atoms with Gasteiger partial charge in [0.25, 0.3) is 0 Å². The smallest absolute Gasteiger partial charge is 0.227 e. The third-order valence-electron chi connectivity index (χ3n) is 4.50. The molecule has 1 aliphatic rings. The fourth-order valence-corrected chi connectivity index (χ4v) is 4.67. The van der Waals surface area contributed by atoms with Crippen molar-refractivity contribution in [3.63, 3.8) is 0 Å². The van der Waals surface area contributed by atoms with Crippen molar-refractivity contribution < 1.29 is 4.74 Å². The number of thiazole rings is 1. The van der Waals surface area contributed by atoms with Crippen LogP contribution < -0.4 is 4.90 Å². The molecule has 1 aromatic carbocycles. The number of rotatable bonds is 5. The molecule has 0 spiro atoms. The van der Waals surface area contributed by atoms with Gasteiger partial charge < -0.3 is 9.64 Å². The second-order valence-electron chi connectivity index (χ2n) is 6.22. The van der Waals surface area contributed by atoms with Crippen LogP contribution in [0, 0.1) is 6.20 Å². The molecule has 0 saturated carbocycles. The third-order valence-corrected chi connectivity index (χ3v) is 6.16. The number of benzene rings is 1. The van der Waals surface area contributed by atoms with Crippen molar-refractivity contribution in [1.82, 2.24) is 15.0 Å². The fourth-order valence-electron chi connectivity index (χ4n) is 3.24. The number of halogens is 2. The highest BCUT2D eigenvalue weighted by Crippen LogP contribution is 2.30. The number of anilines is 1. The van der Waals surface area contributed by atoms with Crippen molar-refractivity contribution in [1.29, 1.82) is 0 Å². The molecular formula is C18H17Cl2N4OS. The Hall–Kier alpha value is -1.47. The molecule has 4 rings (SSSR count). The van der Waals surface area contributed by atoms with Crippen LogP contribution >= 0.6 is 34.5 Å². The summed E-state index contributed by atoms with van der Waals surface area (Å²) in [6.45, 7) is 1.62. The topological polar surface area (TPSA) is 51.1 Å². The number of nitrogens with zero attached hydrogens (tertiary/aromatic N) is 4. The van der Waals surface area contributed by atoms with E-state index in [9.17, 15) is 0 Å². The highest BCUT2D eigenvalue weighted by Gasteiger charge is 2.27. The van der Waals surface area contributed by atoms with E-state index < -0.39 is 0 Å². The van der Waals surface area contributed by atoms with E-state index in [1.807, 2.05) is 18.2 Å². The van der Waals surface area contributed by atoms with Gasteiger partial charge in [-0.3, -0.25) is 0 Å². The molecule has 0 unspecified atom stereocenters. The maximum atomic E-state index is 6.27. The van der Waals surface area contributed by atoms with E-state index in [0.29, 0.717) is 40.6 Å². The minimum Gasteiger partial charge on any atom is -0.383 e. The van der Waals surface area contributed by atoms with E-state index in [-0.39, 0.29) is 0 Å². The Bertz CT molecular complexity index is 912. The number of hydrogen-bond acceptors (Lipinski definition) is 6. The van der Waals surface area contributed by atoms with E-state index >= 15 is 0 Å². The summed E-state index contributed by atoms with van der Waals surface area (Å²) in [5.74, 6) is 0.697. The Morgan fingerprint density at radius 3 is 2.88 bits per heavy atom. The monoisotopic (exact) mass is 407 g/mol. The van der Waals surface area contributed by atoms with Crippen molar-refractivity contribution in [3.05, 3.63) is 45.0 Å². The van der Waals surface area contributed by atoms with Crippen LogP contribution in [0.5, 0.6) is 0 Å². The summed E-state index contributed by atoms with van der Waals surface area (Å²) >= 11 is 14.1. The van der Waals surface area contributed by atoms with Crippen molar-refractivity contribution in [2.24, 2.45) is 0 Å². The number of ether oxygens (including phenoxy) is 1. The molecule has 0 N–H and O–H groups in total. The molecule has 1 atom stereocenters. The van der Waals surface area contributed by atoms with Gasteiger partial charge in [-0.25, -0.2) is 9.97 Å². The van der Waals surface area contributed by atoms with Crippen molar-refractivity contribution >= 4 is 50.8 Å². The first-order chi connectivity index (χ1) is 12.7. The van der Waals surface area contributed by atoms with Crippen molar-refractivity contribution in [2.75, 3.05) is 25.2 Å². The standard InChI is InChI=1S/C18H17Cl2N4OS/c1-25-10-11-4-3-7-24(11)18-21-9-15-17(23-18)26-16(22-15)8-12-13(19)5-2-6-14(12)20/h2,5-6,11H,3-4,7-8,10H2,1H3/t11-/m0/s1. The van der Waals surface area contributed by atoms with Crippen LogP contribution in [0.2, 0.25) is 10.0 Å². The van der Waals surface area contributed by atoms with Gasteiger partial charge in [0.15, 0.2) is 0 Å². The lowest BCUT2D eigenvalue weighted by molar-refractivity contribution is 0.180. The molecule has 1 fully saturated rings. The number of hydrogen-bond donors (Lipinski definition) is 0. The molecule has 5 nitrogen and oxygen atoms in total. The van der Waals surface area contributed by atoms with Crippen LogP contribution in [0.3, 0.4) is 0 Å². The zero-order chi connectivity index (χ0) is 18.1. The van der Waals surface area contributed by atoms with Gasteiger partial charge in [-0.05, 0) is 30.5 Å². The zero-order valence-electron chi connectivity index (χ0n) is 14.2. The molecule has 3 aromatic rings. The molecule has 8 heteroatoms. The Morgan fingerprint density at radius 2 is 2.12 bits per heavy atom. The van der Waals surface area contributed by atoms with Gasteiger partial charge in [0.2, 0.25) is 5.95 Å². The Kier molecular flexibility index (Phi) is 5.27. The second-order valence-corrected chi connectivity index (χ2v) is 8.10. The summed E-state index contributed by atoms with van der Waals surface area (Å²) in [6, 6.07) is 5.83. The molecule has 2 aromatic heterocycles. The highest BCUT2D eigenvalue weighted by atomic mass is 35.5. The summed E-state index contributed by atoms with van der Waals surface area (Å²) in [5, 5.41) is 2.19. The molecule has 1 radical (unpaired) electrons. The first-order valence-electron chi connectivity index (χ1n) is 8.39. The molecule has 0 aliphatic carbocycles. The summed E-state index contributed by atoms with van der Waals surface area (Å²) in [4.78, 5) is 16.7. The highest BCUT2D eigenvalue weighted by molar-refractivity contribution is 7.18. The second kappa shape index (κ2) is 7.64. The Balaban J connectivity index is 1.62. The summed E-state index contributed by atoms with van der Waals surface area (Å²) < 4.78 is 5.32. The first kappa shape index (κ1) is 17.9. The zero-order valence-corrected chi connectivity index (χ0v) is 16.5. The first-order valence-corrected chi connectivity index (χ1v) is 9.96. The molecule has 1 saturated heterocycles. The van der Waals surface area contributed by atoms with Gasteiger partial charge in [0, 0.05) is 30.1 Å². The lowest BCUT2D eigenvalue weighted by Crippen LogP contribution is -2.34. The minimum atomic E-state index is 0.320. The lowest BCUT2D eigenvalue weighted by Gasteiger charge is -2.23. The number of methoxy groups -OCH3 is 1. The third kappa shape index (κ3) is 3.51. The molecule has 3 heterocycles. The minimum absolute atomic E-state index is 0.320. The predicted octanol–water partition coefficient (Wildman–Crippen LogP) is 4.40. The van der Waals surface area contributed by atoms with Crippen LogP contribution in [0.1, 0.15) is 23.4 Å². The molecule has 135 valence electrons. The van der Waals surface area contributed by atoms with Gasteiger partial charge in [-0.2, -0.15) is 4.98 Å². The van der Waals surface area contributed by atoms with E-state index in [0.717, 1.165) is 34.8 Å². The van der Waals surface area contributed by atoms with Crippen molar-refractivity contribution in [2.45, 2.75) is 25.3 Å². The quantitative estimate of drug-likeness (QED) is 0.627. The van der Waals surface area contributed by atoms with Gasteiger partial charge in [-0.15, -0.1) is 0 Å². The SMILES string of the molecule is COC[C@@H]1CCCN1c1n[c]c2nc(Cc3c(Cl)cccc3Cl)sc2n1. The van der Waals surface area contributed by atoms with Crippen LogP contribution in [0.4, 0.5) is 5.95 Å². The average molecular weight is 408 g/mol. The number of aromatic nitrogens is 3. The van der Waals surface area contributed by atoms with Gasteiger partial charge >= 0.3 is 0 Å². The van der Waals surface area contributed by atoms with E-state index in [1.54, 1.807) is 7.11 Å². The maximum absolute atomic E-state index is 6.27. The fraction of sp³-hybridized carbons (Fsp3) is 0.389. The summed E-state index contributed by atoms with van der Waals surface area (Å²) in [7, 11) is 1.72. The van der Waals surface area contributed by atoms with Crippen LogP contribution in [0.25, 0.3) is 10.3 Å². The largest absolute Gasteiger partial charge is 0.383 e. The molecule has 1 aliphatic heterocycles. The maximum Gasteiger partial charge on any atom is 0.227 e. The van der Waals surface area contributed by atoms with Crippen LogP contribution in [-0.4, -0.2) is 41.3 Å². The van der Waals surface area contributed by atoms with Crippen LogP contribution in [-0.2, 0) is 11.2 Å². The molecule has 26 heavy (non-hydrogen) atoms. The predicted molar refractivity (Wildman–Crippen MR) is 106 cm³/mol. The lowest BCUT2D eigenvalue weighted by atomic mass is 10.1. The van der Waals surface area contributed by atoms with E-state index in [4.69, 9.17) is 32.9 Å². The molecular weight excluding hydrogens is 391 g/mol. The number of fused-ring (bicyclic) bond motifs is 1.